The van der Waals surface area contributed by atoms with E-state index in [0.29, 0.717) is 0 Å². The Bertz CT molecular complexity index is 815. The topological polar surface area (TPSA) is 0 Å². The number of hydrogen-bond donors (Lipinski definition) is 0. The lowest BCUT2D eigenvalue weighted by molar-refractivity contribution is 1.50. The average molecular weight is 453 g/mol. The monoisotopic (exact) mass is 452 g/mol. The van der Waals surface area contributed by atoms with E-state index < -0.39 is 0 Å². The predicted octanol–water partition coefficient (Wildman–Crippen LogP) is 10.8. The summed E-state index contributed by atoms with van der Waals surface area (Å²) in [5.41, 5.74) is 7.40. The van der Waals surface area contributed by atoms with E-state index in [0.717, 1.165) is 0 Å². The van der Waals surface area contributed by atoms with Crippen LogP contribution in [0.25, 0.3) is 11.1 Å². The van der Waals surface area contributed by atoms with Gasteiger partial charge in [0.2, 0.25) is 0 Å². The van der Waals surface area contributed by atoms with Gasteiger partial charge in [-0.1, -0.05) is 177 Å². The Labute approximate surface area is 210 Å². The third kappa shape index (κ3) is 9.24. The molecule has 4 aromatic carbocycles. The number of benzene rings is 4. The normalized spacial score (nSPS) is 8.59. The quantitative estimate of drug-likeness (QED) is 0.270. The minimum Gasteiger partial charge on any atom is -0.0683 e. The van der Waals surface area contributed by atoms with Gasteiger partial charge in [0.15, 0.2) is 0 Å². The first-order valence-electron chi connectivity index (χ1n) is 12.9. The van der Waals surface area contributed by atoms with Crippen LogP contribution >= 0.6 is 0 Å². The fraction of sp³-hybridized carbons (Fsp3) is 0.235. The summed E-state index contributed by atoms with van der Waals surface area (Å²) in [4.78, 5) is 0. The van der Waals surface area contributed by atoms with Gasteiger partial charge in [0.25, 0.3) is 0 Å². The van der Waals surface area contributed by atoms with Crippen molar-refractivity contribution in [1.29, 1.82) is 0 Å². The Hall–Kier alpha value is -3.38. The van der Waals surface area contributed by atoms with Crippen LogP contribution in [0, 0.1) is 0 Å². The van der Waals surface area contributed by atoms with Gasteiger partial charge >= 0.3 is 0 Å². The number of rotatable bonds is 4. The Morgan fingerprint density at radius 2 is 0.412 bits per heavy atom. The lowest BCUT2D eigenvalue weighted by Crippen LogP contribution is -1.97. The van der Waals surface area contributed by atoms with Crippen molar-refractivity contribution in [1.82, 2.24) is 0 Å². The molecule has 0 fully saturated rings. The Morgan fingerprint density at radius 3 is 0.559 bits per heavy atom. The van der Waals surface area contributed by atoms with E-state index in [4.69, 9.17) is 0 Å². The first kappa shape index (κ1) is 30.6. The molecule has 0 N–H and O–H groups in total. The molecule has 4 aromatic rings. The van der Waals surface area contributed by atoms with Crippen LogP contribution < -0.4 is 0 Å². The van der Waals surface area contributed by atoms with Crippen LogP contribution in [-0.2, 0) is 0 Å². The van der Waals surface area contributed by atoms with E-state index in [-0.39, 0.29) is 0 Å². The van der Waals surface area contributed by atoms with Gasteiger partial charge in [-0.15, -0.1) is 0 Å². The average Bonchev–Trinajstić information content (AvgIpc) is 2.98. The Balaban J connectivity index is 0.00000124. The first-order valence-corrected chi connectivity index (χ1v) is 12.9. The molecule has 0 radical (unpaired) electrons. The molecule has 0 aliphatic rings. The van der Waals surface area contributed by atoms with E-state index in [1.807, 2.05) is 55.4 Å². The minimum absolute atomic E-state index is 1.22. The molecule has 0 unspecified atom stereocenters. The largest absolute Gasteiger partial charge is 0.0683 e. The highest BCUT2D eigenvalue weighted by Crippen LogP contribution is 2.36. The molecule has 0 saturated carbocycles. The summed E-state index contributed by atoms with van der Waals surface area (Å²) in [5, 5.41) is 0. The highest BCUT2D eigenvalue weighted by Gasteiger charge is 2.15. The summed E-state index contributed by atoms with van der Waals surface area (Å²) >= 11 is 0. The minimum atomic E-state index is 1.22. The molecule has 0 atom stereocenters. The van der Waals surface area contributed by atoms with E-state index in [9.17, 15) is 0 Å². The lowest BCUT2D eigenvalue weighted by atomic mass is 9.86. The zero-order chi connectivity index (χ0) is 25.6. The van der Waals surface area contributed by atoms with E-state index in [1.165, 1.54) is 33.4 Å². The van der Waals surface area contributed by atoms with Crippen molar-refractivity contribution >= 4 is 11.1 Å². The molecule has 0 heterocycles. The van der Waals surface area contributed by atoms with Gasteiger partial charge in [0, 0.05) is 0 Å². The molecule has 0 aromatic heterocycles. The maximum atomic E-state index is 2.19. The first-order chi connectivity index (χ1) is 16.9. The highest BCUT2D eigenvalue weighted by molar-refractivity contribution is 6.04. The molecule has 0 saturated heterocycles. The van der Waals surface area contributed by atoms with Gasteiger partial charge < -0.3 is 0 Å². The third-order valence-electron chi connectivity index (χ3n) is 4.50. The number of hydrogen-bond acceptors (Lipinski definition) is 0. The molecule has 0 aliphatic heterocycles. The van der Waals surface area contributed by atoms with Crippen LogP contribution in [0.4, 0.5) is 0 Å². The van der Waals surface area contributed by atoms with Crippen molar-refractivity contribution in [3.05, 3.63) is 144 Å². The summed E-state index contributed by atoms with van der Waals surface area (Å²) in [7, 11) is 0. The van der Waals surface area contributed by atoms with E-state index in [2.05, 4.69) is 121 Å². The SMILES string of the molecule is CC.CC.CC.CC.c1ccc(C(=C(c2ccccc2)c2ccccc2)c2ccccc2)cc1. The molecule has 0 spiro atoms. The zero-order valence-electron chi connectivity index (χ0n) is 22.5. The fourth-order valence-corrected chi connectivity index (χ4v) is 3.33. The molecule has 0 heteroatoms. The summed E-state index contributed by atoms with van der Waals surface area (Å²) in [6.07, 6.45) is 0. The van der Waals surface area contributed by atoms with Crippen LogP contribution in [0.3, 0.4) is 0 Å². The summed E-state index contributed by atoms with van der Waals surface area (Å²) in [6, 6.07) is 42.6. The second-order valence-corrected chi connectivity index (χ2v) is 6.21. The van der Waals surface area contributed by atoms with Gasteiger partial charge in [-0.05, 0) is 33.4 Å². The van der Waals surface area contributed by atoms with E-state index in [1.54, 1.807) is 0 Å². The molecule has 0 nitrogen and oxygen atoms in total. The molecular formula is C34H44. The van der Waals surface area contributed by atoms with Crippen molar-refractivity contribution in [2.45, 2.75) is 55.4 Å². The standard InChI is InChI=1S/C26H20.4C2H6/c1-5-13-21(14-6-1)25(22-15-7-2-8-16-22)26(23-17-9-3-10-18-23)24-19-11-4-12-20-24;4*1-2/h1-20H;4*1-2H3. The Kier molecular flexibility index (Phi) is 18.2. The van der Waals surface area contributed by atoms with Crippen LogP contribution in [0.1, 0.15) is 77.6 Å². The zero-order valence-corrected chi connectivity index (χ0v) is 22.5. The molecule has 34 heavy (non-hydrogen) atoms. The van der Waals surface area contributed by atoms with Crippen LogP contribution in [-0.4, -0.2) is 0 Å². The van der Waals surface area contributed by atoms with Crippen molar-refractivity contribution in [2.75, 3.05) is 0 Å². The van der Waals surface area contributed by atoms with E-state index >= 15 is 0 Å². The Morgan fingerprint density at radius 1 is 0.265 bits per heavy atom. The predicted molar refractivity (Wildman–Crippen MR) is 156 cm³/mol. The summed E-state index contributed by atoms with van der Waals surface area (Å²) in [6.45, 7) is 16.0. The second kappa shape index (κ2) is 20.2. The van der Waals surface area contributed by atoms with Gasteiger partial charge in [-0.25, -0.2) is 0 Å². The van der Waals surface area contributed by atoms with Crippen molar-refractivity contribution < 1.29 is 0 Å². The van der Waals surface area contributed by atoms with Gasteiger partial charge in [0.05, 0.1) is 0 Å². The second-order valence-electron chi connectivity index (χ2n) is 6.21. The van der Waals surface area contributed by atoms with Gasteiger partial charge in [0.1, 0.15) is 0 Å². The molecule has 0 aliphatic carbocycles. The molecule has 4 rings (SSSR count). The third-order valence-corrected chi connectivity index (χ3v) is 4.50. The molecule has 0 amide bonds. The van der Waals surface area contributed by atoms with Crippen molar-refractivity contribution in [2.24, 2.45) is 0 Å². The molecule has 180 valence electrons. The summed E-state index contributed by atoms with van der Waals surface area (Å²) in [5.74, 6) is 0. The summed E-state index contributed by atoms with van der Waals surface area (Å²) < 4.78 is 0. The van der Waals surface area contributed by atoms with Crippen molar-refractivity contribution in [3.63, 3.8) is 0 Å². The fourth-order valence-electron chi connectivity index (χ4n) is 3.33. The maximum Gasteiger partial charge on any atom is -0.00268 e. The molecule has 0 bridgehead atoms. The highest BCUT2D eigenvalue weighted by atomic mass is 14.2. The van der Waals surface area contributed by atoms with Crippen LogP contribution in [0.5, 0.6) is 0 Å². The lowest BCUT2D eigenvalue weighted by Gasteiger charge is -2.18. The smallest absolute Gasteiger partial charge is 0.00268 e. The van der Waals surface area contributed by atoms with Crippen molar-refractivity contribution in [3.8, 4) is 0 Å². The van der Waals surface area contributed by atoms with Gasteiger partial charge in [-0.2, -0.15) is 0 Å². The maximum absolute atomic E-state index is 2.19. The molecular weight excluding hydrogens is 408 g/mol. The van der Waals surface area contributed by atoms with Crippen LogP contribution in [0.2, 0.25) is 0 Å². The van der Waals surface area contributed by atoms with Gasteiger partial charge in [-0.3, -0.25) is 0 Å². The van der Waals surface area contributed by atoms with Crippen LogP contribution in [0.15, 0.2) is 121 Å².